The van der Waals surface area contributed by atoms with Gasteiger partial charge in [-0.25, -0.2) is 0 Å². The molecule has 1 aromatic heterocycles. The van der Waals surface area contributed by atoms with E-state index in [9.17, 15) is 0 Å². The number of rotatable bonds is 9. The molecule has 0 amide bonds. The van der Waals surface area contributed by atoms with E-state index in [1.807, 2.05) is 0 Å². The van der Waals surface area contributed by atoms with E-state index in [1.54, 1.807) is 0 Å². The average molecular weight is 831 g/mol. The maximum atomic E-state index is 7.43. The minimum Gasteiger partial charge on any atom is -0.453 e. The van der Waals surface area contributed by atoms with Crippen molar-refractivity contribution >= 4 is 77.6 Å². The Morgan fingerprint density at radius 2 is 0.738 bits per heavy atom. The number of hydrogen-bond acceptors (Lipinski definition) is 3. The lowest BCUT2D eigenvalue weighted by Crippen LogP contribution is -2.14. The highest BCUT2D eigenvalue weighted by Gasteiger charge is 2.28. The van der Waals surface area contributed by atoms with Gasteiger partial charge >= 0.3 is 0 Å². The molecule has 0 aliphatic carbocycles. The fraction of sp³-hybridized carbons (Fsp3) is 0. The number of nitrogens with zero attached hydrogens (tertiary/aromatic N) is 2. The van der Waals surface area contributed by atoms with Crippen LogP contribution in [0.2, 0.25) is 0 Å². The number of fused-ring (bicyclic) bond motifs is 6. The number of anilines is 6. The molecule has 0 aliphatic rings. The van der Waals surface area contributed by atoms with Crippen LogP contribution in [-0.4, -0.2) is 0 Å². The average Bonchev–Trinajstić information content (AvgIpc) is 3.79. The topological polar surface area (TPSA) is 19.6 Å². The van der Waals surface area contributed by atoms with Gasteiger partial charge in [-0.3, -0.25) is 0 Å². The van der Waals surface area contributed by atoms with Crippen molar-refractivity contribution < 1.29 is 4.42 Å². The Labute approximate surface area is 378 Å². The molecule has 3 heteroatoms. The zero-order valence-electron chi connectivity index (χ0n) is 35.6. The molecule has 0 radical (unpaired) electrons. The van der Waals surface area contributed by atoms with Crippen LogP contribution in [0.3, 0.4) is 0 Å². The summed E-state index contributed by atoms with van der Waals surface area (Å²) in [5.74, 6) is 0. The lowest BCUT2D eigenvalue weighted by Gasteiger charge is -2.31. The van der Waals surface area contributed by atoms with Gasteiger partial charge in [0.15, 0.2) is 5.58 Å². The van der Waals surface area contributed by atoms with Gasteiger partial charge in [-0.1, -0.05) is 200 Å². The largest absolute Gasteiger partial charge is 0.453 e. The first-order valence-electron chi connectivity index (χ1n) is 22.2. The summed E-state index contributed by atoms with van der Waals surface area (Å²) < 4.78 is 7.43. The predicted octanol–water partition coefficient (Wildman–Crippen LogP) is 17.8. The molecular weight excluding hydrogens is 789 g/mol. The Morgan fingerprint density at radius 3 is 1.48 bits per heavy atom. The first-order chi connectivity index (χ1) is 32.3. The molecule has 0 N–H and O–H groups in total. The molecule has 11 aromatic carbocycles. The second-order valence-corrected chi connectivity index (χ2v) is 16.4. The van der Waals surface area contributed by atoms with Gasteiger partial charge in [0.05, 0.1) is 28.1 Å². The maximum Gasteiger partial charge on any atom is 0.161 e. The van der Waals surface area contributed by atoms with Crippen molar-refractivity contribution in [2.45, 2.75) is 0 Å². The van der Waals surface area contributed by atoms with Crippen LogP contribution in [0.15, 0.2) is 259 Å². The summed E-state index contributed by atoms with van der Waals surface area (Å²) in [7, 11) is 0. The molecule has 0 aliphatic heterocycles. The van der Waals surface area contributed by atoms with Crippen molar-refractivity contribution in [3.63, 3.8) is 0 Å². The Morgan fingerprint density at radius 1 is 0.246 bits per heavy atom. The first kappa shape index (κ1) is 38.0. The van der Waals surface area contributed by atoms with Crippen LogP contribution in [-0.2, 0) is 0 Å². The van der Waals surface area contributed by atoms with E-state index >= 15 is 0 Å². The van der Waals surface area contributed by atoms with E-state index in [1.165, 1.54) is 21.9 Å². The molecule has 0 fully saturated rings. The van der Waals surface area contributed by atoms with Crippen molar-refractivity contribution in [1.82, 2.24) is 0 Å². The minimum atomic E-state index is 0.799. The Balaban J connectivity index is 1.16. The molecular formula is C62H42N2O. The Kier molecular flexibility index (Phi) is 9.50. The molecule has 0 atom stereocenters. The first-order valence-corrected chi connectivity index (χ1v) is 22.2. The van der Waals surface area contributed by atoms with Gasteiger partial charge in [-0.15, -0.1) is 0 Å². The molecule has 0 bridgehead atoms. The van der Waals surface area contributed by atoms with Crippen LogP contribution >= 0.6 is 0 Å². The summed E-state index contributed by atoms with van der Waals surface area (Å²) in [4.78, 5) is 4.80. The van der Waals surface area contributed by atoms with E-state index < -0.39 is 0 Å². The molecule has 0 unspecified atom stereocenters. The number of hydrogen-bond donors (Lipinski definition) is 0. The molecule has 3 nitrogen and oxygen atoms in total. The molecule has 306 valence electrons. The van der Waals surface area contributed by atoms with E-state index in [0.717, 1.165) is 89.1 Å². The molecule has 0 spiro atoms. The van der Waals surface area contributed by atoms with Gasteiger partial charge in [-0.05, 0) is 93.0 Å². The van der Waals surface area contributed by atoms with E-state index in [0.29, 0.717) is 0 Å². The molecule has 0 saturated carbocycles. The minimum absolute atomic E-state index is 0.799. The van der Waals surface area contributed by atoms with Crippen LogP contribution in [0.5, 0.6) is 0 Å². The summed E-state index contributed by atoms with van der Waals surface area (Å²) in [6.45, 7) is 0. The summed E-state index contributed by atoms with van der Waals surface area (Å²) >= 11 is 0. The van der Waals surface area contributed by atoms with Crippen LogP contribution < -0.4 is 9.80 Å². The lowest BCUT2D eigenvalue weighted by molar-refractivity contribution is 0.673. The summed E-state index contributed by atoms with van der Waals surface area (Å²) in [5.41, 5.74) is 14.7. The van der Waals surface area contributed by atoms with Gasteiger partial charge in [0.1, 0.15) is 5.58 Å². The van der Waals surface area contributed by atoms with Gasteiger partial charge in [0.2, 0.25) is 0 Å². The van der Waals surface area contributed by atoms with Gasteiger partial charge in [0, 0.05) is 33.3 Å². The van der Waals surface area contributed by atoms with Crippen molar-refractivity contribution in [3.8, 4) is 33.4 Å². The van der Waals surface area contributed by atoms with Crippen molar-refractivity contribution in [2.24, 2.45) is 0 Å². The number of furan rings is 1. The van der Waals surface area contributed by atoms with Crippen LogP contribution in [0.4, 0.5) is 34.1 Å². The highest BCUT2D eigenvalue weighted by molar-refractivity contribution is 6.23. The maximum absolute atomic E-state index is 7.43. The quantitative estimate of drug-likeness (QED) is 0.144. The van der Waals surface area contributed by atoms with Crippen molar-refractivity contribution in [1.29, 1.82) is 0 Å². The van der Waals surface area contributed by atoms with Crippen LogP contribution in [0.25, 0.3) is 76.9 Å². The Hall–Kier alpha value is -8.66. The van der Waals surface area contributed by atoms with E-state index in [4.69, 9.17) is 4.42 Å². The number of para-hydroxylation sites is 3. The zero-order valence-corrected chi connectivity index (χ0v) is 35.6. The summed E-state index contributed by atoms with van der Waals surface area (Å²) in [6, 6.07) is 91.2. The third-order valence-electron chi connectivity index (χ3n) is 12.7. The van der Waals surface area contributed by atoms with Crippen LogP contribution in [0.1, 0.15) is 0 Å². The van der Waals surface area contributed by atoms with Crippen molar-refractivity contribution in [3.05, 3.63) is 255 Å². The highest BCUT2D eigenvalue weighted by Crippen LogP contribution is 2.52. The molecule has 12 aromatic rings. The summed E-state index contributed by atoms with van der Waals surface area (Å²) in [5, 5.41) is 6.70. The third-order valence-corrected chi connectivity index (χ3v) is 12.7. The molecule has 65 heavy (non-hydrogen) atoms. The van der Waals surface area contributed by atoms with Gasteiger partial charge < -0.3 is 14.2 Å². The molecule has 1 heterocycles. The second-order valence-electron chi connectivity index (χ2n) is 16.4. The second kappa shape index (κ2) is 16.2. The standard InChI is InChI=1S/C62H42N2O/c1-4-19-43(20-5-1)44-35-38-49(39-36-44)64(56-33-16-14-29-51(56)46-21-6-2-7-22-46)59-42-41-58(60-55-40-37-47-24-11-13-30-52(47)61(55)65-62(59)60)63(48-26-8-3-9-27-48)57-34-17-15-31-54(57)53-32-18-25-45-23-10-12-28-50(45)53/h1-42H. The third kappa shape index (κ3) is 6.70. The van der Waals surface area contributed by atoms with E-state index in [2.05, 4.69) is 265 Å². The molecule has 0 saturated heterocycles. The normalized spacial score (nSPS) is 11.4. The fourth-order valence-corrected chi connectivity index (χ4v) is 9.65. The number of benzene rings is 11. The summed E-state index contributed by atoms with van der Waals surface area (Å²) in [6.07, 6.45) is 0. The molecule has 12 rings (SSSR count). The van der Waals surface area contributed by atoms with Gasteiger partial charge in [-0.2, -0.15) is 0 Å². The van der Waals surface area contributed by atoms with E-state index in [-0.39, 0.29) is 0 Å². The highest BCUT2D eigenvalue weighted by atomic mass is 16.3. The lowest BCUT2D eigenvalue weighted by atomic mass is 9.95. The van der Waals surface area contributed by atoms with Crippen molar-refractivity contribution in [2.75, 3.05) is 9.80 Å². The monoisotopic (exact) mass is 830 g/mol. The predicted molar refractivity (Wildman–Crippen MR) is 274 cm³/mol. The fourth-order valence-electron chi connectivity index (χ4n) is 9.65. The Bertz CT molecular complexity index is 3650. The zero-order chi connectivity index (χ0) is 43.1. The van der Waals surface area contributed by atoms with Gasteiger partial charge in [0.25, 0.3) is 0 Å². The smallest absolute Gasteiger partial charge is 0.161 e. The van der Waals surface area contributed by atoms with Crippen LogP contribution in [0, 0.1) is 0 Å². The SMILES string of the molecule is c1ccc(-c2ccc(N(c3ccccc3-c3ccccc3)c3ccc(N(c4ccccc4)c4ccccc4-c4cccc5ccccc45)c4c3oc3c5ccccc5ccc34)cc2)cc1.